The molecule has 0 saturated heterocycles. The highest BCUT2D eigenvalue weighted by atomic mass is 31.2. The quantitative estimate of drug-likeness (QED) is 0.438. The molecule has 4 rings (SSSR count). The molecule has 30 heavy (non-hydrogen) atoms. The summed E-state index contributed by atoms with van der Waals surface area (Å²) in [5.41, 5.74) is 3.67. The molecule has 0 radical (unpaired) electrons. The number of ether oxygens (including phenoxy) is 1. The molecule has 0 fully saturated rings. The summed E-state index contributed by atoms with van der Waals surface area (Å²) < 4.78 is 19.7. The second kappa shape index (κ2) is 8.62. The molecule has 3 aromatic rings. The number of hydrogen-bond acceptors (Lipinski definition) is 3. The summed E-state index contributed by atoms with van der Waals surface area (Å²) in [5, 5.41) is 2.64. The number of carbonyl (C=O) groups is 1. The maximum absolute atomic E-state index is 14.8. The van der Waals surface area contributed by atoms with Gasteiger partial charge in [0.1, 0.15) is 0 Å². The van der Waals surface area contributed by atoms with Crippen molar-refractivity contribution in [1.82, 2.24) is 0 Å². The molecular formula is C26H27O3P. The van der Waals surface area contributed by atoms with Gasteiger partial charge in [-0.2, -0.15) is 0 Å². The van der Waals surface area contributed by atoms with Gasteiger partial charge in [-0.3, -0.25) is 4.79 Å². The van der Waals surface area contributed by atoms with Gasteiger partial charge in [0.2, 0.25) is 0 Å². The third-order valence-corrected chi connectivity index (χ3v) is 9.35. The molecule has 0 aliphatic heterocycles. The lowest BCUT2D eigenvalue weighted by Gasteiger charge is -2.24. The maximum Gasteiger partial charge on any atom is 0.306 e. The topological polar surface area (TPSA) is 43.4 Å². The van der Waals surface area contributed by atoms with Crippen molar-refractivity contribution in [3.8, 4) is 0 Å². The number of rotatable bonds is 6. The smallest absolute Gasteiger partial charge is 0.306 e. The van der Waals surface area contributed by atoms with E-state index in [2.05, 4.69) is 13.0 Å². The van der Waals surface area contributed by atoms with Crippen LogP contribution in [-0.2, 0) is 26.9 Å². The van der Waals surface area contributed by atoms with Crippen LogP contribution >= 0.6 is 7.14 Å². The molecule has 3 aromatic carbocycles. The number of methoxy groups -OCH3 is 1. The van der Waals surface area contributed by atoms with Gasteiger partial charge in [-0.15, -0.1) is 0 Å². The molecular weight excluding hydrogens is 391 g/mol. The monoisotopic (exact) mass is 418 g/mol. The first-order valence-electron chi connectivity index (χ1n) is 10.5. The Balaban J connectivity index is 1.90. The molecule has 1 unspecified atom stereocenters. The van der Waals surface area contributed by atoms with Crippen molar-refractivity contribution < 1.29 is 14.1 Å². The van der Waals surface area contributed by atoms with E-state index in [0.29, 0.717) is 6.42 Å². The van der Waals surface area contributed by atoms with Crippen LogP contribution < -0.4 is 15.9 Å². The predicted octanol–water partition coefficient (Wildman–Crippen LogP) is 4.48. The number of fused-ring (bicyclic) bond motifs is 1. The maximum atomic E-state index is 14.8. The van der Waals surface area contributed by atoms with Crippen molar-refractivity contribution in [3.63, 3.8) is 0 Å². The van der Waals surface area contributed by atoms with Gasteiger partial charge >= 0.3 is 5.97 Å². The molecule has 0 aromatic heterocycles. The van der Waals surface area contributed by atoms with Gasteiger partial charge in [0.15, 0.2) is 7.14 Å². The van der Waals surface area contributed by atoms with E-state index in [1.165, 1.54) is 23.8 Å². The van der Waals surface area contributed by atoms with Gasteiger partial charge in [0.05, 0.1) is 13.5 Å². The summed E-state index contributed by atoms with van der Waals surface area (Å²) in [5.74, 6) is 0.00820. The lowest BCUT2D eigenvalue weighted by molar-refractivity contribution is -0.141. The van der Waals surface area contributed by atoms with Crippen LogP contribution in [0.25, 0.3) is 0 Å². The minimum atomic E-state index is -3.01. The fourth-order valence-corrected chi connectivity index (χ4v) is 7.74. The highest BCUT2D eigenvalue weighted by molar-refractivity contribution is 7.85. The van der Waals surface area contributed by atoms with E-state index in [0.717, 1.165) is 35.2 Å². The Labute approximate surface area is 178 Å². The van der Waals surface area contributed by atoms with Crippen LogP contribution in [0, 0.1) is 0 Å². The van der Waals surface area contributed by atoms with Gasteiger partial charge in [-0.05, 0) is 41.9 Å². The van der Waals surface area contributed by atoms with E-state index in [9.17, 15) is 9.36 Å². The van der Waals surface area contributed by atoms with Crippen molar-refractivity contribution in [1.29, 1.82) is 0 Å². The lowest BCUT2D eigenvalue weighted by atomic mass is 9.95. The van der Waals surface area contributed by atoms with Crippen LogP contribution in [0.2, 0.25) is 0 Å². The van der Waals surface area contributed by atoms with Crippen LogP contribution in [0.4, 0.5) is 0 Å². The van der Waals surface area contributed by atoms with E-state index in [1.54, 1.807) is 0 Å². The molecule has 4 heteroatoms. The van der Waals surface area contributed by atoms with Crippen LogP contribution in [0.15, 0.2) is 72.8 Å². The van der Waals surface area contributed by atoms with E-state index in [1.807, 2.05) is 66.7 Å². The largest absolute Gasteiger partial charge is 0.469 e. The van der Waals surface area contributed by atoms with Gasteiger partial charge in [0, 0.05) is 15.9 Å². The Hall–Kier alpha value is -2.64. The number of esters is 1. The molecule has 0 spiro atoms. The SMILES string of the molecule is CCc1c(P(=O)(c2ccccc2)c2ccccc2)ccc2c1CCC2CC(=O)OC. The van der Waals surface area contributed by atoms with E-state index in [4.69, 9.17) is 4.74 Å². The summed E-state index contributed by atoms with van der Waals surface area (Å²) in [7, 11) is -1.57. The Morgan fingerprint density at radius 2 is 1.57 bits per heavy atom. The zero-order chi connectivity index (χ0) is 21.1. The van der Waals surface area contributed by atoms with Crippen molar-refractivity contribution >= 4 is 29.0 Å². The van der Waals surface area contributed by atoms with Crippen LogP contribution in [-0.4, -0.2) is 13.1 Å². The molecule has 0 heterocycles. The molecule has 0 N–H and O–H groups in total. The number of hydrogen-bond donors (Lipinski definition) is 0. The van der Waals surface area contributed by atoms with E-state index in [-0.39, 0.29) is 11.9 Å². The molecule has 0 amide bonds. The first kappa shape index (κ1) is 20.6. The Morgan fingerprint density at radius 1 is 0.967 bits per heavy atom. The number of benzene rings is 3. The van der Waals surface area contributed by atoms with Crippen LogP contribution in [0.5, 0.6) is 0 Å². The molecule has 1 aliphatic rings. The lowest BCUT2D eigenvalue weighted by Crippen LogP contribution is -2.28. The summed E-state index contributed by atoms with van der Waals surface area (Å²) in [4.78, 5) is 11.9. The van der Waals surface area contributed by atoms with Gasteiger partial charge < -0.3 is 9.30 Å². The van der Waals surface area contributed by atoms with Crippen molar-refractivity contribution in [3.05, 3.63) is 89.5 Å². The third-order valence-electron chi connectivity index (χ3n) is 6.20. The normalized spacial score (nSPS) is 15.6. The van der Waals surface area contributed by atoms with Crippen molar-refractivity contribution in [2.45, 2.75) is 38.5 Å². The summed E-state index contributed by atoms with van der Waals surface area (Å²) in [6, 6.07) is 23.8. The molecule has 1 atom stereocenters. The Morgan fingerprint density at radius 3 is 2.10 bits per heavy atom. The molecule has 1 aliphatic carbocycles. The van der Waals surface area contributed by atoms with Crippen LogP contribution in [0.1, 0.15) is 42.4 Å². The van der Waals surface area contributed by atoms with E-state index < -0.39 is 7.14 Å². The van der Waals surface area contributed by atoms with Crippen molar-refractivity contribution in [2.24, 2.45) is 0 Å². The second-order valence-corrected chi connectivity index (χ2v) is 10.5. The minimum Gasteiger partial charge on any atom is -0.469 e. The molecule has 154 valence electrons. The standard InChI is InChI=1S/C26H27O3P/c1-3-22-24-15-14-19(18-26(27)29-2)23(24)16-17-25(22)30(28,20-10-6-4-7-11-20)21-12-8-5-9-13-21/h4-13,16-17,19H,3,14-15,18H2,1-2H3. The van der Waals surface area contributed by atoms with Crippen molar-refractivity contribution in [2.75, 3.05) is 7.11 Å². The summed E-state index contributed by atoms with van der Waals surface area (Å²) >= 11 is 0. The Kier molecular flexibility index (Phi) is 5.92. The van der Waals surface area contributed by atoms with Gasteiger partial charge in [-0.1, -0.05) is 79.7 Å². The average Bonchev–Trinajstić information content (AvgIpc) is 3.21. The summed E-state index contributed by atoms with van der Waals surface area (Å²) in [6.07, 6.45) is 3.06. The highest BCUT2D eigenvalue weighted by Gasteiger charge is 2.35. The molecule has 0 saturated carbocycles. The first-order valence-corrected chi connectivity index (χ1v) is 12.2. The first-order chi connectivity index (χ1) is 14.6. The van der Waals surface area contributed by atoms with E-state index >= 15 is 0 Å². The predicted molar refractivity (Wildman–Crippen MR) is 123 cm³/mol. The zero-order valence-electron chi connectivity index (χ0n) is 17.5. The second-order valence-electron chi connectivity index (χ2n) is 7.78. The molecule has 3 nitrogen and oxygen atoms in total. The molecule has 0 bridgehead atoms. The minimum absolute atomic E-state index is 0.172. The fourth-order valence-electron chi connectivity index (χ4n) is 4.74. The Bertz CT molecular complexity index is 1050. The van der Waals surface area contributed by atoms with Crippen LogP contribution in [0.3, 0.4) is 0 Å². The van der Waals surface area contributed by atoms with Gasteiger partial charge in [0.25, 0.3) is 0 Å². The highest BCUT2D eigenvalue weighted by Crippen LogP contribution is 2.46. The zero-order valence-corrected chi connectivity index (χ0v) is 18.4. The van der Waals surface area contributed by atoms with Gasteiger partial charge in [-0.25, -0.2) is 0 Å². The average molecular weight is 418 g/mol. The fraction of sp³-hybridized carbons (Fsp3) is 0.269. The third kappa shape index (κ3) is 3.52. The summed E-state index contributed by atoms with van der Waals surface area (Å²) in [6.45, 7) is 2.13. The number of carbonyl (C=O) groups excluding carboxylic acids is 1.